The van der Waals surface area contributed by atoms with E-state index in [9.17, 15) is 28.1 Å². The maximum absolute atomic E-state index is 12.7. The van der Waals surface area contributed by atoms with Crippen molar-refractivity contribution in [1.82, 2.24) is 4.90 Å². The fourth-order valence-corrected chi connectivity index (χ4v) is 2.62. The molecule has 0 aromatic heterocycles. The van der Waals surface area contributed by atoms with Gasteiger partial charge in [-0.05, 0) is 31.9 Å². The summed E-state index contributed by atoms with van der Waals surface area (Å²) in [5.41, 5.74) is -1.66. The monoisotopic (exact) mass is 361 g/mol. The average molecular weight is 361 g/mol. The highest BCUT2D eigenvalue weighted by atomic mass is 19.4. The molecule has 1 heterocycles. The lowest BCUT2D eigenvalue weighted by Crippen LogP contribution is -2.42. The van der Waals surface area contributed by atoms with E-state index in [-0.39, 0.29) is 18.3 Å². The number of ether oxygens (including phenoxy) is 1. The van der Waals surface area contributed by atoms with Crippen LogP contribution in [0.2, 0.25) is 0 Å². The molecule has 25 heavy (non-hydrogen) atoms. The Hall–Kier alpha value is -2.52. The molecule has 0 spiro atoms. The van der Waals surface area contributed by atoms with E-state index in [0.717, 1.165) is 12.1 Å². The summed E-state index contributed by atoms with van der Waals surface area (Å²) >= 11 is 0. The van der Waals surface area contributed by atoms with Crippen LogP contribution < -0.4 is 5.32 Å². The number of nitrogens with one attached hydrogen (secondary N) is 1. The normalized spacial score (nSPS) is 15.8. The minimum atomic E-state index is -4.64. The van der Waals surface area contributed by atoms with Crippen LogP contribution >= 0.6 is 0 Å². The zero-order valence-electron chi connectivity index (χ0n) is 13.5. The SMILES string of the molecule is CCOC(=O)N1CCC(Nc2ccc(C(F)(F)F)cc2[N+](=O)[O-])CC1. The number of alkyl halides is 3. The van der Waals surface area contributed by atoms with Crippen LogP contribution in [0.3, 0.4) is 0 Å². The summed E-state index contributed by atoms with van der Waals surface area (Å²) in [6.45, 7) is 2.79. The first-order valence-electron chi connectivity index (χ1n) is 7.76. The number of nitro groups is 1. The number of halogens is 3. The van der Waals surface area contributed by atoms with Gasteiger partial charge in [0, 0.05) is 25.2 Å². The van der Waals surface area contributed by atoms with E-state index in [4.69, 9.17) is 4.74 Å². The second-order valence-corrected chi connectivity index (χ2v) is 5.59. The van der Waals surface area contributed by atoms with E-state index >= 15 is 0 Å². The van der Waals surface area contributed by atoms with Gasteiger partial charge in [-0.3, -0.25) is 10.1 Å². The van der Waals surface area contributed by atoms with Crippen LogP contribution in [-0.2, 0) is 10.9 Å². The Morgan fingerprint density at radius 3 is 2.56 bits per heavy atom. The van der Waals surface area contributed by atoms with Gasteiger partial charge in [0.25, 0.3) is 5.69 Å². The Balaban J connectivity index is 2.06. The molecule has 10 heteroatoms. The van der Waals surface area contributed by atoms with Crippen LogP contribution in [0.5, 0.6) is 0 Å². The Labute approximate surface area is 141 Å². The topological polar surface area (TPSA) is 84.7 Å². The van der Waals surface area contributed by atoms with Crippen molar-refractivity contribution in [2.24, 2.45) is 0 Å². The van der Waals surface area contributed by atoms with Crippen molar-refractivity contribution in [3.8, 4) is 0 Å². The number of rotatable bonds is 4. The predicted molar refractivity (Wildman–Crippen MR) is 83.3 cm³/mol. The highest BCUT2D eigenvalue weighted by molar-refractivity contribution is 5.68. The van der Waals surface area contributed by atoms with Gasteiger partial charge in [-0.15, -0.1) is 0 Å². The lowest BCUT2D eigenvalue weighted by Gasteiger charge is -2.32. The van der Waals surface area contributed by atoms with Crippen molar-refractivity contribution in [2.45, 2.75) is 32.0 Å². The Morgan fingerprint density at radius 2 is 2.04 bits per heavy atom. The number of amides is 1. The van der Waals surface area contributed by atoms with Crippen molar-refractivity contribution < 1.29 is 27.6 Å². The fraction of sp³-hybridized carbons (Fsp3) is 0.533. The van der Waals surface area contributed by atoms with E-state index in [2.05, 4.69) is 5.32 Å². The van der Waals surface area contributed by atoms with Gasteiger partial charge in [-0.2, -0.15) is 13.2 Å². The van der Waals surface area contributed by atoms with Gasteiger partial charge in [-0.1, -0.05) is 0 Å². The zero-order chi connectivity index (χ0) is 18.6. The number of piperidine rings is 1. The van der Waals surface area contributed by atoms with Crippen molar-refractivity contribution >= 4 is 17.5 Å². The molecule has 0 unspecified atom stereocenters. The first kappa shape index (κ1) is 18.8. The number of anilines is 1. The van der Waals surface area contributed by atoms with E-state index in [0.29, 0.717) is 32.0 Å². The van der Waals surface area contributed by atoms with Crippen molar-refractivity contribution in [3.05, 3.63) is 33.9 Å². The second kappa shape index (κ2) is 7.58. The lowest BCUT2D eigenvalue weighted by atomic mass is 10.0. The number of likely N-dealkylation sites (tertiary alicyclic amines) is 1. The van der Waals surface area contributed by atoms with Gasteiger partial charge in [0.15, 0.2) is 0 Å². The minimum Gasteiger partial charge on any atom is -0.450 e. The third-order valence-corrected chi connectivity index (χ3v) is 3.90. The van der Waals surface area contributed by atoms with Gasteiger partial charge in [-0.25, -0.2) is 4.79 Å². The molecule has 1 aliphatic rings. The summed E-state index contributed by atoms with van der Waals surface area (Å²) in [5, 5.41) is 14.0. The van der Waals surface area contributed by atoms with Crippen LogP contribution in [0.15, 0.2) is 18.2 Å². The molecule has 0 radical (unpaired) electrons. The van der Waals surface area contributed by atoms with Crippen LogP contribution in [0.4, 0.5) is 29.3 Å². The van der Waals surface area contributed by atoms with Gasteiger partial charge >= 0.3 is 12.3 Å². The van der Waals surface area contributed by atoms with E-state index in [1.54, 1.807) is 6.92 Å². The number of nitrogens with zero attached hydrogens (tertiary/aromatic N) is 2. The number of carbonyl (C=O) groups excluding carboxylic acids is 1. The number of hydrogen-bond donors (Lipinski definition) is 1. The Bertz CT molecular complexity index is 643. The Morgan fingerprint density at radius 1 is 1.40 bits per heavy atom. The second-order valence-electron chi connectivity index (χ2n) is 5.59. The van der Waals surface area contributed by atoms with E-state index < -0.39 is 28.4 Å². The largest absolute Gasteiger partial charge is 0.450 e. The first-order valence-corrected chi connectivity index (χ1v) is 7.76. The van der Waals surface area contributed by atoms with E-state index in [1.807, 2.05) is 0 Å². The zero-order valence-corrected chi connectivity index (χ0v) is 13.5. The minimum absolute atomic E-state index is 0.0348. The summed E-state index contributed by atoms with van der Waals surface area (Å²) in [6, 6.07) is 2.22. The maximum Gasteiger partial charge on any atom is 0.416 e. The number of carbonyl (C=O) groups is 1. The molecule has 0 aliphatic carbocycles. The summed E-state index contributed by atoms with van der Waals surface area (Å²) in [6.07, 6.45) is -4.04. The van der Waals surface area contributed by atoms with Crippen LogP contribution in [-0.4, -0.2) is 41.7 Å². The number of hydrogen-bond acceptors (Lipinski definition) is 5. The molecule has 7 nitrogen and oxygen atoms in total. The summed E-state index contributed by atoms with van der Waals surface area (Å²) in [4.78, 5) is 23.4. The highest BCUT2D eigenvalue weighted by Crippen LogP contribution is 2.35. The maximum atomic E-state index is 12.7. The summed E-state index contributed by atoms with van der Waals surface area (Å²) < 4.78 is 43.0. The van der Waals surface area contributed by atoms with Gasteiger partial charge < -0.3 is 15.0 Å². The van der Waals surface area contributed by atoms with Crippen LogP contribution in [0.1, 0.15) is 25.3 Å². The van der Waals surface area contributed by atoms with Crippen molar-refractivity contribution in [3.63, 3.8) is 0 Å². The fourth-order valence-electron chi connectivity index (χ4n) is 2.62. The van der Waals surface area contributed by atoms with Crippen LogP contribution in [0, 0.1) is 10.1 Å². The molecular weight excluding hydrogens is 343 g/mol. The number of nitro benzene ring substituents is 1. The highest BCUT2D eigenvalue weighted by Gasteiger charge is 2.33. The third kappa shape index (κ3) is 4.74. The van der Waals surface area contributed by atoms with Gasteiger partial charge in [0.1, 0.15) is 5.69 Å². The summed E-state index contributed by atoms with van der Waals surface area (Å²) in [5.74, 6) is 0. The predicted octanol–water partition coefficient (Wildman–Crippen LogP) is 3.65. The van der Waals surface area contributed by atoms with Crippen molar-refractivity contribution in [2.75, 3.05) is 25.0 Å². The molecule has 1 fully saturated rings. The molecule has 0 bridgehead atoms. The molecule has 2 rings (SSSR count). The molecule has 1 N–H and O–H groups in total. The molecule has 0 saturated carbocycles. The van der Waals surface area contributed by atoms with Crippen LogP contribution in [0.25, 0.3) is 0 Å². The number of benzene rings is 1. The summed E-state index contributed by atoms with van der Waals surface area (Å²) in [7, 11) is 0. The quantitative estimate of drug-likeness (QED) is 0.654. The molecular formula is C15H18F3N3O4. The Kier molecular flexibility index (Phi) is 5.70. The molecule has 1 amide bonds. The standard InChI is InChI=1S/C15H18F3N3O4/c1-2-25-14(22)20-7-5-11(6-8-20)19-12-4-3-10(15(16,17)18)9-13(12)21(23)24/h3-4,9,11,19H,2,5-8H2,1H3. The van der Waals surface area contributed by atoms with Gasteiger partial charge in [0.05, 0.1) is 17.1 Å². The molecule has 138 valence electrons. The first-order chi connectivity index (χ1) is 11.7. The molecule has 1 aliphatic heterocycles. The van der Waals surface area contributed by atoms with E-state index in [1.165, 1.54) is 4.90 Å². The molecule has 0 atom stereocenters. The lowest BCUT2D eigenvalue weighted by molar-refractivity contribution is -0.384. The molecule has 1 aromatic carbocycles. The molecule has 1 saturated heterocycles. The van der Waals surface area contributed by atoms with Crippen molar-refractivity contribution in [1.29, 1.82) is 0 Å². The average Bonchev–Trinajstić information content (AvgIpc) is 2.55. The van der Waals surface area contributed by atoms with Gasteiger partial charge in [0.2, 0.25) is 0 Å². The smallest absolute Gasteiger partial charge is 0.416 e. The third-order valence-electron chi connectivity index (χ3n) is 3.90. The molecule has 1 aromatic rings.